The number of para-hydroxylation sites is 1. The normalized spacial score (nSPS) is 10.4. The van der Waals surface area contributed by atoms with Crippen molar-refractivity contribution in [2.24, 2.45) is 0 Å². The second-order valence-electron chi connectivity index (χ2n) is 6.24. The Kier molecular flexibility index (Phi) is 6.39. The predicted molar refractivity (Wildman–Crippen MR) is 110 cm³/mol. The Labute approximate surface area is 164 Å². The molecule has 0 aliphatic carbocycles. The largest absolute Gasteiger partial charge is 0.321 e. The smallest absolute Gasteiger partial charge is 0.257 e. The number of amides is 1. The standard InChI is InChI=1S/C23H20ClNO2/c24-20-14-6-4-12-18(20)23(27)25-21-15-7-5-13-19(21)22(26)16-8-11-17-9-2-1-3-10-17/h1-7,9-10,12-15H,8,11,16H2,(H,25,27). The molecule has 0 spiro atoms. The number of hydrogen-bond donors (Lipinski definition) is 1. The van der Waals surface area contributed by atoms with Crippen molar-refractivity contribution in [2.45, 2.75) is 19.3 Å². The molecule has 136 valence electrons. The summed E-state index contributed by atoms with van der Waals surface area (Å²) in [4.78, 5) is 25.2. The number of nitrogens with one attached hydrogen (secondary N) is 1. The van der Waals surface area contributed by atoms with Crippen LogP contribution in [0.5, 0.6) is 0 Å². The Morgan fingerprint density at radius 1 is 0.778 bits per heavy atom. The third kappa shape index (κ3) is 5.05. The fourth-order valence-corrected chi connectivity index (χ4v) is 3.12. The molecule has 0 saturated carbocycles. The first-order valence-electron chi connectivity index (χ1n) is 8.87. The molecule has 0 heterocycles. The quantitative estimate of drug-likeness (QED) is 0.529. The summed E-state index contributed by atoms with van der Waals surface area (Å²) in [5, 5.41) is 3.19. The van der Waals surface area contributed by atoms with Gasteiger partial charge in [0.05, 0.1) is 16.3 Å². The molecule has 0 aliphatic rings. The summed E-state index contributed by atoms with van der Waals surface area (Å²) in [5.41, 5.74) is 2.62. The fraction of sp³-hybridized carbons (Fsp3) is 0.130. The first-order valence-corrected chi connectivity index (χ1v) is 9.25. The molecule has 0 saturated heterocycles. The lowest BCUT2D eigenvalue weighted by atomic mass is 10.0. The molecule has 27 heavy (non-hydrogen) atoms. The zero-order valence-corrected chi connectivity index (χ0v) is 15.6. The molecule has 0 atom stereocenters. The number of anilines is 1. The highest BCUT2D eigenvalue weighted by molar-refractivity contribution is 6.34. The van der Waals surface area contributed by atoms with E-state index in [1.54, 1.807) is 48.5 Å². The topological polar surface area (TPSA) is 46.2 Å². The van der Waals surface area contributed by atoms with Crippen molar-refractivity contribution in [1.29, 1.82) is 0 Å². The van der Waals surface area contributed by atoms with E-state index in [4.69, 9.17) is 11.6 Å². The van der Waals surface area contributed by atoms with Gasteiger partial charge in [-0.3, -0.25) is 9.59 Å². The SMILES string of the molecule is O=C(Nc1ccccc1C(=O)CCCc1ccccc1)c1ccccc1Cl. The van der Waals surface area contributed by atoms with Crippen molar-refractivity contribution < 1.29 is 9.59 Å². The monoisotopic (exact) mass is 377 g/mol. The number of halogens is 1. The van der Waals surface area contributed by atoms with Crippen LogP contribution >= 0.6 is 11.6 Å². The van der Waals surface area contributed by atoms with E-state index in [0.29, 0.717) is 28.3 Å². The first-order chi connectivity index (χ1) is 13.1. The van der Waals surface area contributed by atoms with Crippen LogP contribution in [0.2, 0.25) is 5.02 Å². The highest BCUT2D eigenvalue weighted by Gasteiger charge is 2.15. The number of aryl methyl sites for hydroxylation is 1. The molecule has 0 unspecified atom stereocenters. The van der Waals surface area contributed by atoms with E-state index in [0.717, 1.165) is 12.8 Å². The minimum absolute atomic E-state index is 0.0148. The van der Waals surface area contributed by atoms with E-state index in [-0.39, 0.29) is 11.7 Å². The second-order valence-corrected chi connectivity index (χ2v) is 6.65. The average Bonchev–Trinajstić information content (AvgIpc) is 2.69. The molecule has 4 heteroatoms. The van der Waals surface area contributed by atoms with Gasteiger partial charge in [-0.2, -0.15) is 0 Å². The number of Topliss-reactive ketones (excluding diaryl/α,β-unsaturated/α-hetero) is 1. The molecule has 0 aliphatic heterocycles. The van der Waals surface area contributed by atoms with Gasteiger partial charge in [0.25, 0.3) is 5.91 Å². The Morgan fingerprint density at radius 3 is 2.15 bits per heavy atom. The fourth-order valence-electron chi connectivity index (χ4n) is 2.90. The maximum Gasteiger partial charge on any atom is 0.257 e. The van der Waals surface area contributed by atoms with Crippen molar-refractivity contribution in [3.63, 3.8) is 0 Å². The number of carbonyl (C=O) groups is 2. The molecule has 3 aromatic rings. The second kappa shape index (κ2) is 9.15. The Morgan fingerprint density at radius 2 is 1.41 bits per heavy atom. The Hall–Kier alpha value is -2.91. The highest BCUT2D eigenvalue weighted by atomic mass is 35.5. The molecule has 1 amide bonds. The van der Waals surface area contributed by atoms with Crippen LogP contribution in [0, 0.1) is 0 Å². The number of hydrogen-bond acceptors (Lipinski definition) is 2. The van der Waals surface area contributed by atoms with E-state index in [2.05, 4.69) is 17.4 Å². The van der Waals surface area contributed by atoms with Crippen LogP contribution in [0.3, 0.4) is 0 Å². The van der Waals surface area contributed by atoms with Crippen molar-refractivity contribution in [3.8, 4) is 0 Å². The molecule has 3 rings (SSSR count). The minimum atomic E-state index is -0.329. The van der Waals surface area contributed by atoms with Crippen molar-refractivity contribution >= 4 is 29.0 Å². The van der Waals surface area contributed by atoms with Crippen molar-refractivity contribution in [3.05, 3.63) is 101 Å². The summed E-state index contributed by atoms with van der Waals surface area (Å²) in [6, 6.07) is 24.0. The van der Waals surface area contributed by atoms with Gasteiger partial charge in [0.15, 0.2) is 5.78 Å². The van der Waals surface area contributed by atoms with E-state index < -0.39 is 0 Å². The van der Waals surface area contributed by atoms with E-state index >= 15 is 0 Å². The van der Waals surface area contributed by atoms with Crippen LogP contribution in [0.1, 0.15) is 39.1 Å². The molecule has 0 bridgehead atoms. The van der Waals surface area contributed by atoms with Crippen LogP contribution in [0.4, 0.5) is 5.69 Å². The molecular formula is C23H20ClNO2. The van der Waals surface area contributed by atoms with E-state index in [1.807, 2.05) is 18.2 Å². The van der Waals surface area contributed by atoms with Gasteiger partial charge < -0.3 is 5.32 Å². The van der Waals surface area contributed by atoms with Crippen LogP contribution in [-0.4, -0.2) is 11.7 Å². The van der Waals surface area contributed by atoms with Gasteiger partial charge in [0, 0.05) is 12.0 Å². The predicted octanol–water partition coefficient (Wildman–Crippen LogP) is 5.80. The van der Waals surface area contributed by atoms with Gasteiger partial charge in [-0.1, -0.05) is 66.2 Å². The van der Waals surface area contributed by atoms with E-state index in [1.165, 1.54) is 5.56 Å². The Balaban J connectivity index is 1.67. The van der Waals surface area contributed by atoms with Crippen LogP contribution in [0.15, 0.2) is 78.9 Å². The summed E-state index contributed by atoms with van der Waals surface area (Å²) >= 11 is 6.09. The zero-order valence-electron chi connectivity index (χ0n) is 14.8. The lowest BCUT2D eigenvalue weighted by molar-refractivity contribution is 0.0981. The molecule has 0 fully saturated rings. The van der Waals surface area contributed by atoms with Crippen molar-refractivity contribution in [2.75, 3.05) is 5.32 Å². The van der Waals surface area contributed by atoms with Crippen LogP contribution in [-0.2, 0) is 6.42 Å². The zero-order chi connectivity index (χ0) is 19.1. The molecule has 3 nitrogen and oxygen atoms in total. The summed E-state index contributed by atoms with van der Waals surface area (Å²) in [5.74, 6) is -0.314. The molecular weight excluding hydrogens is 358 g/mol. The first kappa shape index (κ1) is 18.9. The summed E-state index contributed by atoms with van der Waals surface area (Å²) in [6.07, 6.45) is 2.03. The maximum absolute atomic E-state index is 12.7. The third-order valence-corrected chi connectivity index (χ3v) is 4.64. The summed E-state index contributed by atoms with van der Waals surface area (Å²) < 4.78 is 0. The maximum atomic E-state index is 12.7. The minimum Gasteiger partial charge on any atom is -0.321 e. The lowest BCUT2D eigenvalue weighted by Crippen LogP contribution is -2.15. The van der Waals surface area contributed by atoms with Gasteiger partial charge >= 0.3 is 0 Å². The van der Waals surface area contributed by atoms with Crippen LogP contribution in [0.25, 0.3) is 0 Å². The Bertz CT molecular complexity index is 938. The number of ketones is 1. The van der Waals surface area contributed by atoms with Gasteiger partial charge in [-0.25, -0.2) is 0 Å². The van der Waals surface area contributed by atoms with Crippen molar-refractivity contribution in [1.82, 2.24) is 0 Å². The lowest BCUT2D eigenvalue weighted by Gasteiger charge is -2.11. The van der Waals surface area contributed by atoms with Crippen LogP contribution < -0.4 is 5.32 Å². The molecule has 3 aromatic carbocycles. The third-order valence-electron chi connectivity index (χ3n) is 4.31. The highest BCUT2D eigenvalue weighted by Crippen LogP contribution is 2.21. The summed E-state index contributed by atoms with van der Waals surface area (Å²) in [7, 11) is 0. The number of benzene rings is 3. The van der Waals surface area contributed by atoms with Gasteiger partial charge in [-0.05, 0) is 42.7 Å². The molecule has 1 N–H and O–H groups in total. The average molecular weight is 378 g/mol. The molecule has 0 radical (unpaired) electrons. The van der Waals surface area contributed by atoms with Gasteiger partial charge in [0.1, 0.15) is 0 Å². The number of carbonyl (C=O) groups excluding carboxylic acids is 2. The number of rotatable bonds is 7. The van der Waals surface area contributed by atoms with Gasteiger partial charge in [0.2, 0.25) is 0 Å². The van der Waals surface area contributed by atoms with E-state index in [9.17, 15) is 9.59 Å². The van der Waals surface area contributed by atoms with Gasteiger partial charge in [-0.15, -0.1) is 0 Å². The molecule has 0 aromatic heterocycles. The summed E-state index contributed by atoms with van der Waals surface area (Å²) in [6.45, 7) is 0.